The van der Waals surface area contributed by atoms with Crippen LogP contribution in [0.15, 0.2) is 120 Å². The highest BCUT2D eigenvalue weighted by molar-refractivity contribution is 8.06. The van der Waals surface area contributed by atoms with Gasteiger partial charge < -0.3 is 0 Å². The summed E-state index contributed by atoms with van der Waals surface area (Å²) in [7, 11) is -1.98. The Hall–Kier alpha value is -2.76. The monoisotopic (exact) mass is 412 g/mol. The second-order valence-electron chi connectivity index (χ2n) is 7.73. The van der Waals surface area contributed by atoms with E-state index in [9.17, 15) is 0 Å². The minimum Gasteiger partial charge on any atom is -0.253 e. The molecule has 0 atom stereocenters. The molecule has 0 aromatic heterocycles. The van der Waals surface area contributed by atoms with Gasteiger partial charge in [0.1, 0.15) is 15.9 Å². The number of benzene rings is 3. The molecule has 0 heterocycles. The number of allylic oxidation sites excluding steroid dienone is 2. The van der Waals surface area contributed by atoms with Crippen molar-refractivity contribution in [2.24, 2.45) is 4.99 Å². The lowest BCUT2D eigenvalue weighted by Gasteiger charge is -2.23. The molecule has 0 spiro atoms. The molecule has 0 N–H and O–H groups in total. The SMILES string of the molecule is C=C(C)CCC=C(C)CN=C[P+](c1ccccc1)(c1ccccc1)c1ccccc1. The molecule has 3 aromatic rings. The van der Waals surface area contributed by atoms with Crippen molar-refractivity contribution in [1.29, 1.82) is 0 Å². The summed E-state index contributed by atoms with van der Waals surface area (Å²) >= 11 is 0. The van der Waals surface area contributed by atoms with Crippen molar-refractivity contribution in [3.8, 4) is 0 Å². The Bertz CT molecular complexity index is 892. The molecule has 0 unspecified atom stereocenters. The molecule has 0 saturated heterocycles. The highest BCUT2D eigenvalue weighted by atomic mass is 31.2. The fourth-order valence-corrected chi connectivity index (χ4v) is 7.12. The number of hydrogen-bond donors (Lipinski definition) is 0. The molecule has 3 aromatic carbocycles. The lowest BCUT2D eigenvalue weighted by Crippen LogP contribution is -2.32. The standard InChI is InChI=1S/C28H31NP/c1-24(2)14-13-15-25(3)22-29-23-30(26-16-7-4-8-17-26,27-18-9-5-10-19-27)28-20-11-6-12-21-28/h4-12,15-21,23H,1,13-14,22H2,2-3H3/q+1. The summed E-state index contributed by atoms with van der Waals surface area (Å²) in [4.78, 5) is 5.00. The minimum atomic E-state index is -1.98. The van der Waals surface area contributed by atoms with Crippen LogP contribution in [-0.4, -0.2) is 12.5 Å². The minimum absolute atomic E-state index is 0.727. The topological polar surface area (TPSA) is 12.4 Å². The first kappa shape index (κ1) is 21.9. The lowest BCUT2D eigenvalue weighted by atomic mass is 10.1. The average molecular weight is 413 g/mol. The van der Waals surface area contributed by atoms with E-state index in [1.807, 2.05) is 0 Å². The Morgan fingerprint density at radius 2 is 1.20 bits per heavy atom. The van der Waals surface area contributed by atoms with Crippen molar-refractivity contribution in [2.45, 2.75) is 26.7 Å². The molecule has 0 aliphatic rings. The van der Waals surface area contributed by atoms with Gasteiger partial charge in [-0.3, -0.25) is 4.99 Å². The Morgan fingerprint density at radius 1 is 0.767 bits per heavy atom. The van der Waals surface area contributed by atoms with Gasteiger partial charge in [-0.05, 0) is 63.1 Å². The van der Waals surface area contributed by atoms with Gasteiger partial charge in [-0.15, -0.1) is 6.58 Å². The number of aliphatic imine (C=N–C) groups is 1. The summed E-state index contributed by atoms with van der Waals surface area (Å²) in [6.45, 7) is 8.97. The van der Waals surface area contributed by atoms with Crippen molar-refractivity contribution in [2.75, 3.05) is 6.54 Å². The molecule has 0 aliphatic carbocycles. The number of nitrogens with zero attached hydrogens (tertiary/aromatic N) is 1. The van der Waals surface area contributed by atoms with Crippen molar-refractivity contribution >= 4 is 29.1 Å². The zero-order valence-electron chi connectivity index (χ0n) is 18.0. The van der Waals surface area contributed by atoms with Crippen molar-refractivity contribution < 1.29 is 0 Å². The molecular formula is C28H31NP+. The first-order valence-electron chi connectivity index (χ1n) is 10.5. The van der Waals surface area contributed by atoms with Gasteiger partial charge in [0.05, 0.1) is 6.54 Å². The quantitative estimate of drug-likeness (QED) is 0.222. The van der Waals surface area contributed by atoms with Crippen LogP contribution in [0, 0.1) is 0 Å². The third-order valence-electron chi connectivity index (χ3n) is 5.15. The zero-order valence-corrected chi connectivity index (χ0v) is 18.9. The summed E-state index contributed by atoms with van der Waals surface area (Å²) in [6.07, 6.45) is 4.36. The first-order chi connectivity index (χ1) is 14.6. The predicted molar refractivity (Wildman–Crippen MR) is 136 cm³/mol. The van der Waals surface area contributed by atoms with E-state index >= 15 is 0 Å². The van der Waals surface area contributed by atoms with Crippen molar-refractivity contribution in [3.63, 3.8) is 0 Å². The third-order valence-corrected chi connectivity index (χ3v) is 9.00. The smallest absolute Gasteiger partial charge is 0.157 e. The maximum absolute atomic E-state index is 5.00. The van der Waals surface area contributed by atoms with Gasteiger partial charge in [-0.1, -0.05) is 71.8 Å². The maximum atomic E-state index is 5.00. The summed E-state index contributed by atoms with van der Waals surface area (Å²) in [5.74, 6) is 2.25. The summed E-state index contributed by atoms with van der Waals surface area (Å²) in [5.41, 5.74) is 2.53. The van der Waals surface area contributed by atoms with E-state index in [4.69, 9.17) is 4.99 Å². The Morgan fingerprint density at radius 3 is 1.60 bits per heavy atom. The summed E-state index contributed by atoms with van der Waals surface area (Å²) < 4.78 is 0. The molecule has 0 saturated carbocycles. The van der Waals surface area contributed by atoms with E-state index in [0.717, 1.165) is 19.4 Å². The molecule has 0 fully saturated rings. The van der Waals surface area contributed by atoms with Crippen LogP contribution in [0.2, 0.25) is 0 Å². The summed E-state index contributed by atoms with van der Waals surface area (Å²) in [6, 6.07) is 32.5. The predicted octanol–water partition coefficient (Wildman–Crippen LogP) is 6.31. The molecule has 3 rings (SSSR count). The van der Waals surface area contributed by atoms with Gasteiger partial charge in [0.2, 0.25) is 0 Å². The van der Waals surface area contributed by atoms with Gasteiger partial charge in [-0.25, -0.2) is 0 Å². The van der Waals surface area contributed by atoms with Crippen LogP contribution in [0.5, 0.6) is 0 Å². The van der Waals surface area contributed by atoms with Gasteiger partial charge in [0, 0.05) is 0 Å². The molecule has 0 radical (unpaired) electrons. The molecule has 2 heteroatoms. The van der Waals surface area contributed by atoms with Crippen LogP contribution in [0.3, 0.4) is 0 Å². The molecule has 30 heavy (non-hydrogen) atoms. The maximum Gasteiger partial charge on any atom is 0.157 e. The van der Waals surface area contributed by atoms with Gasteiger partial charge in [0.15, 0.2) is 13.2 Å². The Kier molecular flexibility index (Phi) is 7.94. The van der Waals surface area contributed by atoms with Crippen LogP contribution >= 0.6 is 7.26 Å². The molecule has 152 valence electrons. The van der Waals surface area contributed by atoms with Crippen LogP contribution in [-0.2, 0) is 0 Å². The van der Waals surface area contributed by atoms with Gasteiger partial charge >= 0.3 is 0 Å². The molecule has 0 aliphatic heterocycles. The van der Waals surface area contributed by atoms with Crippen LogP contribution in [0.4, 0.5) is 0 Å². The summed E-state index contributed by atoms with van der Waals surface area (Å²) in [5, 5.41) is 3.99. The van der Waals surface area contributed by atoms with Crippen LogP contribution in [0.1, 0.15) is 26.7 Å². The van der Waals surface area contributed by atoms with E-state index in [2.05, 4.69) is 123 Å². The van der Waals surface area contributed by atoms with Gasteiger partial charge in [0.25, 0.3) is 0 Å². The fraction of sp³-hybridized carbons (Fsp3) is 0.179. The fourth-order valence-electron chi connectivity index (χ4n) is 3.57. The number of hydrogen-bond acceptors (Lipinski definition) is 1. The number of rotatable bonds is 9. The van der Waals surface area contributed by atoms with Gasteiger partial charge in [-0.2, -0.15) is 0 Å². The van der Waals surface area contributed by atoms with Crippen LogP contribution in [0.25, 0.3) is 0 Å². The highest BCUT2D eigenvalue weighted by Crippen LogP contribution is 2.52. The molecular weight excluding hydrogens is 381 g/mol. The van der Waals surface area contributed by atoms with E-state index in [0.29, 0.717) is 0 Å². The first-order valence-corrected chi connectivity index (χ1v) is 12.4. The normalized spacial score (nSPS) is 12.3. The van der Waals surface area contributed by atoms with Crippen molar-refractivity contribution in [1.82, 2.24) is 0 Å². The lowest BCUT2D eigenvalue weighted by molar-refractivity contribution is 0.963. The molecule has 1 nitrogen and oxygen atoms in total. The largest absolute Gasteiger partial charge is 0.253 e. The molecule has 0 bridgehead atoms. The average Bonchev–Trinajstić information content (AvgIpc) is 2.78. The third kappa shape index (κ3) is 5.43. The van der Waals surface area contributed by atoms with E-state index in [1.54, 1.807) is 0 Å². The van der Waals surface area contributed by atoms with Crippen LogP contribution < -0.4 is 15.9 Å². The zero-order chi connectivity index (χ0) is 21.2. The second kappa shape index (κ2) is 10.9. The van der Waals surface area contributed by atoms with E-state index in [-0.39, 0.29) is 0 Å². The molecule has 0 amide bonds. The second-order valence-corrected chi connectivity index (χ2v) is 11.0. The Labute approximate surface area is 182 Å². The van der Waals surface area contributed by atoms with Crippen molar-refractivity contribution in [3.05, 3.63) is 115 Å². The Balaban J connectivity index is 2.04. The van der Waals surface area contributed by atoms with E-state index in [1.165, 1.54) is 27.1 Å². The van der Waals surface area contributed by atoms with E-state index < -0.39 is 7.26 Å². The highest BCUT2D eigenvalue weighted by Gasteiger charge is 2.44.